The molecule has 1 aromatic rings. The zero-order valence-corrected chi connectivity index (χ0v) is 11.6. The molecule has 0 aliphatic carbocycles. The average molecular weight is 293 g/mol. The van der Waals surface area contributed by atoms with Crippen LogP contribution in [0.4, 0.5) is 8.78 Å². The molecule has 1 aromatic carbocycles. The lowest BCUT2D eigenvalue weighted by Gasteiger charge is -2.21. The van der Waals surface area contributed by atoms with Crippen molar-refractivity contribution in [3.8, 4) is 0 Å². The lowest BCUT2D eigenvalue weighted by Crippen LogP contribution is -2.36. The number of hydrogen-bond donors (Lipinski definition) is 2. The van der Waals surface area contributed by atoms with Gasteiger partial charge in [0.1, 0.15) is 11.6 Å². The molecule has 0 bridgehead atoms. The van der Waals surface area contributed by atoms with E-state index in [0.717, 1.165) is 12.1 Å². The zero-order chi connectivity index (χ0) is 14.7. The van der Waals surface area contributed by atoms with Gasteiger partial charge in [0, 0.05) is 24.1 Å². The highest BCUT2D eigenvalue weighted by Crippen LogP contribution is 2.16. The van der Waals surface area contributed by atoms with Crippen LogP contribution in [0.2, 0.25) is 0 Å². The van der Waals surface area contributed by atoms with Gasteiger partial charge < -0.3 is 5.11 Å². The van der Waals surface area contributed by atoms with E-state index in [1.165, 1.54) is 6.07 Å². The van der Waals surface area contributed by atoms with Crippen molar-refractivity contribution in [1.29, 1.82) is 0 Å². The lowest BCUT2D eigenvalue weighted by molar-refractivity contribution is 0.163. The van der Waals surface area contributed by atoms with Crippen molar-refractivity contribution in [2.24, 2.45) is 5.41 Å². The smallest absolute Gasteiger partial charge is 0.216 e. The van der Waals surface area contributed by atoms with E-state index in [1.807, 2.05) is 0 Å². The fraction of sp³-hybridized carbons (Fsp3) is 0.500. The summed E-state index contributed by atoms with van der Waals surface area (Å²) in [5, 5.41) is 9.01. The molecular weight excluding hydrogens is 276 g/mol. The van der Waals surface area contributed by atoms with E-state index in [-0.39, 0.29) is 13.2 Å². The topological polar surface area (TPSA) is 66.4 Å². The van der Waals surface area contributed by atoms with Crippen LogP contribution in [0, 0.1) is 17.0 Å². The average Bonchev–Trinajstić information content (AvgIpc) is 2.32. The molecular formula is C12H17F2NO3S. The molecule has 7 heteroatoms. The van der Waals surface area contributed by atoms with Gasteiger partial charge in [-0.25, -0.2) is 21.9 Å². The fourth-order valence-corrected chi connectivity index (χ4v) is 2.64. The minimum absolute atomic E-state index is 0.0120. The second kappa shape index (κ2) is 5.94. The van der Waals surface area contributed by atoms with E-state index in [1.54, 1.807) is 13.8 Å². The predicted octanol–water partition coefficient (Wildman–Crippen LogP) is 1.40. The Bertz CT molecular complexity index is 524. The van der Waals surface area contributed by atoms with Gasteiger partial charge >= 0.3 is 0 Å². The Labute approximate surface area is 111 Å². The molecule has 0 aliphatic heterocycles. The van der Waals surface area contributed by atoms with E-state index in [4.69, 9.17) is 5.11 Å². The molecule has 0 amide bonds. The van der Waals surface area contributed by atoms with Gasteiger partial charge in [0.15, 0.2) is 0 Å². The molecule has 2 N–H and O–H groups in total. The largest absolute Gasteiger partial charge is 0.396 e. The quantitative estimate of drug-likeness (QED) is 0.833. The first kappa shape index (κ1) is 16.0. The maximum atomic E-state index is 13.3. The molecule has 4 nitrogen and oxygen atoms in total. The van der Waals surface area contributed by atoms with Crippen LogP contribution in [-0.4, -0.2) is 26.7 Å². The molecule has 0 aromatic heterocycles. The Hall–Kier alpha value is -1.05. The normalized spacial score (nSPS) is 12.7. The maximum absolute atomic E-state index is 13.3. The zero-order valence-electron chi connectivity index (χ0n) is 10.8. The first-order valence-electron chi connectivity index (χ1n) is 5.68. The summed E-state index contributed by atoms with van der Waals surface area (Å²) in [6, 6.07) is 3.18. The third-order valence-corrected chi connectivity index (χ3v) is 3.85. The second-order valence-electron chi connectivity index (χ2n) is 5.10. The van der Waals surface area contributed by atoms with Gasteiger partial charge in [0.05, 0.1) is 5.75 Å². The number of hydrogen-bond acceptors (Lipinski definition) is 3. The van der Waals surface area contributed by atoms with E-state index in [0.29, 0.717) is 0 Å². The van der Waals surface area contributed by atoms with Crippen molar-refractivity contribution in [3.05, 3.63) is 35.4 Å². The van der Waals surface area contributed by atoms with Crippen LogP contribution >= 0.6 is 0 Å². The number of sulfonamides is 1. The molecule has 0 spiro atoms. The van der Waals surface area contributed by atoms with E-state index >= 15 is 0 Å². The van der Waals surface area contributed by atoms with E-state index in [2.05, 4.69) is 4.72 Å². The van der Waals surface area contributed by atoms with Gasteiger partial charge in [0.25, 0.3) is 0 Å². The van der Waals surface area contributed by atoms with Gasteiger partial charge in [-0.15, -0.1) is 0 Å². The van der Waals surface area contributed by atoms with Crippen LogP contribution in [0.3, 0.4) is 0 Å². The Balaban J connectivity index is 2.81. The lowest BCUT2D eigenvalue weighted by atomic mass is 9.96. The van der Waals surface area contributed by atoms with Crippen molar-refractivity contribution in [1.82, 2.24) is 4.72 Å². The number of nitrogens with one attached hydrogen (secondary N) is 1. The molecule has 0 unspecified atom stereocenters. The summed E-state index contributed by atoms with van der Waals surface area (Å²) >= 11 is 0. The van der Waals surface area contributed by atoms with Crippen molar-refractivity contribution in [2.45, 2.75) is 19.6 Å². The van der Waals surface area contributed by atoms with Crippen molar-refractivity contribution in [2.75, 3.05) is 13.2 Å². The monoisotopic (exact) mass is 293 g/mol. The minimum atomic E-state index is -3.86. The van der Waals surface area contributed by atoms with Crippen molar-refractivity contribution >= 4 is 10.0 Å². The van der Waals surface area contributed by atoms with Crippen LogP contribution in [0.1, 0.15) is 19.4 Å². The van der Waals surface area contributed by atoms with Crippen LogP contribution in [0.5, 0.6) is 0 Å². The number of aliphatic hydroxyl groups excluding tert-OH is 1. The van der Waals surface area contributed by atoms with Crippen molar-refractivity contribution < 1.29 is 22.3 Å². The standard InChI is InChI=1S/C12H17F2NO3S/c1-12(2,8-16)7-15-19(17,18)6-9-10(13)4-3-5-11(9)14/h3-5,15-16H,6-8H2,1-2H3. The summed E-state index contributed by atoms with van der Waals surface area (Å²) in [5.74, 6) is -2.56. The summed E-state index contributed by atoms with van der Waals surface area (Å²) in [5.41, 5.74) is -1.13. The first-order valence-corrected chi connectivity index (χ1v) is 7.33. The highest BCUT2D eigenvalue weighted by molar-refractivity contribution is 7.88. The highest BCUT2D eigenvalue weighted by atomic mass is 32.2. The molecule has 0 aliphatic rings. The molecule has 0 radical (unpaired) electrons. The number of benzene rings is 1. The molecule has 108 valence electrons. The van der Waals surface area contributed by atoms with Gasteiger partial charge in [-0.2, -0.15) is 0 Å². The number of halogens is 2. The Kier molecular flexibility index (Phi) is 5.00. The fourth-order valence-electron chi connectivity index (χ4n) is 1.27. The van der Waals surface area contributed by atoms with E-state index in [9.17, 15) is 17.2 Å². The summed E-state index contributed by atoms with van der Waals surface area (Å²) in [7, 11) is -3.86. The maximum Gasteiger partial charge on any atom is 0.216 e. The van der Waals surface area contributed by atoms with Crippen LogP contribution in [-0.2, 0) is 15.8 Å². The molecule has 19 heavy (non-hydrogen) atoms. The van der Waals surface area contributed by atoms with Gasteiger partial charge in [-0.1, -0.05) is 19.9 Å². The van der Waals surface area contributed by atoms with Gasteiger partial charge in [-0.05, 0) is 12.1 Å². The Morgan fingerprint density at radius 3 is 2.26 bits per heavy atom. The third-order valence-electron chi connectivity index (χ3n) is 2.59. The SMILES string of the molecule is CC(C)(CO)CNS(=O)(=O)Cc1c(F)cccc1F. The van der Waals surface area contributed by atoms with Crippen LogP contribution in [0.15, 0.2) is 18.2 Å². The molecule has 0 heterocycles. The van der Waals surface area contributed by atoms with Crippen molar-refractivity contribution in [3.63, 3.8) is 0 Å². The first-order chi connectivity index (χ1) is 8.67. The summed E-state index contributed by atoms with van der Waals surface area (Å²) < 4.78 is 52.4. The number of aliphatic hydroxyl groups is 1. The molecule has 1 rings (SSSR count). The third kappa shape index (κ3) is 4.85. The van der Waals surface area contributed by atoms with Crippen LogP contribution in [0.25, 0.3) is 0 Å². The highest BCUT2D eigenvalue weighted by Gasteiger charge is 2.22. The van der Waals surface area contributed by atoms with Gasteiger partial charge in [0.2, 0.25) is 10.0 Å². The van der Waals surface area contributed by atoms with E-state index < -0.39 is 38.4 Å². The second-order valence-corrected chi connectivity index (χ2v) is 6.91. The summed E-state index contributed by atoms with van der Waals surface area (Å²) in [6.45, 7) is 3.11. The van der Waals surface area contributed by atoms with Crippen LogP contribution < -0.4 is 4.72 Å². The molecule has 0 atom stereocenters. The predicted molar refractivity (Wildman–Crippen MR) is 67.9 cm³/mol. The Morgan fingerprint density at radius 1 is 1.26 bits per heavy atom. The molecule has 0 saturated carbocycles. The number of rotatable bonds is 6. The minimum Gasteiger partial charge on any atom is -0.396 e. The molecule has 0 fully saturated rings. The molecule has 0 saturated heterocycles. The summed E-state index contributed by atoms with van der Waals surface area (Å²) in [6.07, 6.45) is 0. The Morgan fingerprint density at radius 2 is 1.79 bits per heavy atom. The summed E-state index contributed by atoms with van der Waals surface area (Å²) in [4.78, 5) is 0. The van der Waals surface area contributed by atoms with Gasteiger partial charge in [-0.3, -0.25) is 0 Å².